The third-order valence-corrected chi connectivity index (χ3v) is 19.0. The third-order valence-electron chi connectivity index (χ3n) is 19.0. The molecule has 664 valence electrons. The molecule has 6 aromatic rings. The number of carbonyl (C=O) groups is 9. The number of nitrogens with zero attached hydrogens (tertiary/aromatic N) is 1. The number of amides is 2. The van der Waals surface area contributed by atoms with Crippen molar-refractivity contribution in [1.29, 1.82) is 0 Å². The molecule has 27 heteroatoms. The second-order valence-corrected chi connectivity index (χ2v) is 27.8. The summed E-state index contributed by atoms with van der Waals surface area (Å²) in [7, 11) is 0. The van der Waals surface area contributed by atoms with Crippen LogP contribution >= 0.6 is 0 Å². The molecule has 2 aliphatic heterocycles. The van der Waals surface area contributed by atoms with Gasteiger partial charge in [0, 0.05) is 73.1 Å². The Kier molecular flexibility index (Phi) is 52.3. The van der Waals surface area contributed by atoms with Crippen LogP contribution in [0.25, 0.3) is 11.1 Å². The fourth-order valence-corrected chi connectivity index (χ4v) is 11.7. The molecule has 2 amide bonds. The first kappa shape index (κ1) is 104. The van der Waals surface area contributed by atoms with Crippen molar-refractivity contribution >= 4 is 53.8 Å². The van der Waals surface area contributed by atoms with Crippen LogP contribution in [0.2, 0.25) is 0 Å². The van der Waals surface area contributed by atoms with Crippen molar-refractivity contribution in [3.8, 4) is 39.9 Å². The first-order valence-corrected chi connectivity index (χ1v) is 40.1. The Hall–Kier alpha value is -12.7. The monoisotopic (exact) mass is 1700 g/mol. The summed E-state index contributed by atoms with van der Waals surface area (Å²) in [6, 6.07) is 53.1. The molecular formula is C96H120N2O25. The maximum Gasteiger partial charge on any atom is 0.407 e. The number of morpholine rings is 1. The van der Waals surface area contributed by atoms with Gasteiger partial charge in [-0.1, -0.05) is 209 Å². The fourth-order valence-electron chi connectivity index (χ4n) is 11.7. The van der Waals surface area contributed by atoms with E-state index in [2.05, 4.69) is 88.2 Å². The summed E-state index contributed by atoms with van der Waals surface area (Å²) >= 11 is 0. The number of nitrogens with one attached hydrogen (secondary N) is 1. The highest BCUT2D eigenvalue weighted by Gasteiger charge is 2.62. The lowest BCUT2D eigenvalue weighted by atomic mass is 9.70. The Bertz CT molecular complexity index is 4180. The third kappa shape index (κ3) is 42.9. The van der Waals surface area contributed by atoms with Crippen LogP contribution < -0.4 is 24.3 Å². The molecule has 4 fully saturated rings. The Balaban J connectivity index is 0.000000365. The molecule has 0 radical (unpaired) electrons. The minimum atomic E-state index is -0.843. The highest BCUT2D eigenvalue weighted by atomic mass is 16.7. The lowest BCUT2D eigenvalue weighted by molar-refractivity contribution is -0.185. The van der Waals surface area contributed by atoms with Crippen molar-refractivity contribution < 1.29 is 119 Å². The minimum absolute atomic E-state index is 0.00306. The molecule has 2 aliphatic carbocycles. The van der Waals surface area contributed by atoms with Gasteiger partial charge in [0.15, 0.2) is 0 Å². The molecule has 4 unspecified atom stereocenters. The first-order chi connectivity index (χ1) is 59.3. The summed E-state index contributed by atoms with van der Waals surface area (Å²) < 4.78 is 76.4. The van der Waals surface area contributed by atoms with Gasteiger partial charge in [0.1, 0.15) is 114 Å². The molecule has 123 heavy (non-hydrogen) atoms. The average Bonchev–Trinajstić information content (AvgIpc) is 1.56. The van der Waals surface area contributed by atoms with Crippen LogP contribution in [0.3, 0.4) is 0 Å². The van der Waals surface area contributed by atoms with Gasteiger partial charge in [-0.25, -0.2) is 38.4 Å². The highest BCUT2D eigenvalue weighted by Crippen LogP contribution is 2.66. The van der Waals surface area contributed by atoms with Crippen molar-refractivity contribution in [1.82, 2.24) is 10.2 Å². The van der Waals surface area contributed by atoms with Crippen LogP contribution in [0.5, 0.6) is 28.7 Å². The van der Waals surface area contributed by atoms with E-state index in [0.29, 0.717) is 95.5 Å². The molecule has 0 spiro atoms. The second kappa shape index (κ2) is 61.6. The number of aliphatic hydroxyl groups excluding tert-OH is 1. The lowest BCUT2D eigenvalue weighted by Crippen LogP contribution is -2.41. The molecule has 6 aromatic carbocycles. The number of hydrogen-bond acceptors (Lipinski definition) is 25. The quantitative estimate of drug-likeness (QED) is 0.0160. The largest absolute Gasteiger partial charge is 0.491 e. The molecule has 10 rings (SSSR count). The van der Waals surface area contributed by atoms with Gasteiger partial charge >= 0.3 is 47.9 Å². The van der Waals surface area contributed by atoms with E-state index in [1.165, 1.54) is 25.0 Å². The molecule has 2 heterocycles. The Morgan fingerprint density at radius 2 is 0.984 bits per heavy atom. The topological polar surface area (TPSA) is 328 Å². The van der Waals surface area contributed by atoms with E-state index in [1.807, 2.05) is 172 Å². The number of hydrogen-bond donors (Lipinski definition) is 2. The summed E-state index contributed by atoms with van der Waals surface area (Å²) in [4.78, 5) is 99.5. The fraction of sp³-hybridized carbons (Fsp3) is 0.365. The Labute approximate surface area is 722 Å². The summed E-state index contributed by atoms with van der Waals surface area (Å²) in [6.07, 6.45) is 14.3. The molecule has 2 bridgehead atoms. The van der Waals surface area contributed by atoms with Crippen molar-refractivity contribution in [2.45, 2.75) is 92.0 Å². The summed E-state index contributed by atoms with van der Waals surface area (Å²) in [5, 5.41) is 12.0. The number of alkyl carbamates (subject to hydrolysis) is 1. The predicted molar refractivity (Wildman–Crippen MR) is 467 cm³/mol. The van der Waals surface area contributed by atoms with Gasteiger partial charge in [0.25, 0.3) is 0 Å². The van der Waals surface area contributed by atoms with Crippen molar-refractivity contribution in [2.75, 3.05) is 112 Å². The number of ether oxygens (including phenoxy) is 15. The number of rotatable bonds is 36. The van der Waals surface area contributed by atoms with E-state index in [4.69, 9.17) is 61.6 Å². The van der Waals surface area contributed by atoms with E-state index < -0.39 is 48.0 Å². The SMILES string of the molecule is C=CC(=O)N1CCOCC1.C=CC(=O)OC1CC2CCC1(C)C2(C)C.C=CC(=O)OCC(O)COc1ccccc1.C=CC(=O)OCC1(CC)COCOC1.C=CC(=O)OCCOC(=O)NCCCC.C=CC(=O)OCCOc1ccccc1.C=CC(=O)OCCOc1ccccc1-c1ccccc1.C=CC(=O)OCc1cccc(Oc2ccccc2)c1. The highest BCUT2D eigenvalue weighted by molar-refractivity contribution is 5.87. The molecule has 0 aromatic heterocycles. The molecule has 4 atom stereocenters. The Morgan fingerprint density at radius 3 is 1.50 bits per heavy atom. The van der Waals surface area contributed by atoms with Gasteiger partial charge in [0.2, 0.25) is 5.91 Å². The van der Waals surface area contributed by atoms with E-state index in [0.717, 1.165) is 96.1 Å². The van der Waals surface area contributed by atoms with Gasteiger partial charge in [-0.05, 0) is 115 Å². The molecular weight excluding hydrogens is 1580 g/mol. The van der Waals surface area contributed by atoms with Crippen LogP contribution in [0.15, 0.2) is 271 Å². The molecule has 2 saturated carbocycles. The standard InChI is InChI=1S/C17H16O3.C16H14O3.C13H20O2.C12H14O4.C11H12O3.C10H17NO4.C10H16O4.C7H11NO2/c1-2-17(18)20-13-12-19-16-11-7-6-10-15(16)14-8-4-3-5-9-14;1-2-16(17)18-12-13-7-6-10-15(11-13)19-14-8-4-3-5-9-14;1-5-11(14)15-10-8-9-6-7-13(10,4)12(9,2)3;1-2-12(14)16-9-10(13)8-15-11-6-4-3-5-7-11;1-2-11(12)14-9-8-13-10-6-4-3-5-7-10;1-3-5-6-11-10(13)15-8-7-14-9(12)4-2;1-3-9(11)14-7-10(4-2)5-12-8-13-6-10;1-2-7(9)8-3-5-10-6-4-8/h2-11H,1,12-13H2;2-11H,1,12H2;5,9-10H,1,6-8H2,2-4H3;2-7,10,13H,1,8-9H2;2-7H,1,8-9H2;4H,2-3,5-8H2,1H3,(H,11,13);3H,1,4-8H2,2H3;2H,1,3-6H2. The number of fused-ring (bicyclic) bond motifs is 2. The van der Waals surface area contributed by atoms with E-state index in [9.17, 15) is 48.3 Å². The van der Waals surface area contributed by atoms with Gasteiger partial charge < -0.3 is 86.4 Å². The van der Waals surface area contributed by atoms with E-state index in [1.54, 1.807) is 17.0 Å². The maximum atomic E-state index is 11.3. The maximum absolute atomic E-state index is 11.3. The number of unbranched alkanes of at least 4 members (excludes halogenated alkanes) is 1. The van der Waals surface area contributed by atoms with Crippen LogP contribution in [-0.4, -0.2) is 188 Å². The second-order valence-electron chi connectivity index (χ2n) is 27.8. The zero-order chi connectivity index (χ0) is 90.4. The van der Waals surface area contributed by atoms with Crippen LogP contribution in [0.1, 0.15) is 78.7 Å². The first-order valence-electron chi connectivity index (χ1n) is 40.1. The van der Waals surface area contributed by atoms with Gasteiger partial charge in [0.05, 0.1) is 31.8 Å². The number of carbonyl (C=O) groups excluding carboxylic acids is 9. The zero-order valence-corrected chi connectivity index (χ0v) is 71.3. The van der Waals surface area contributed by atoms with Crippen molar-refractivity contribution in [3.63, 3.8) is 0 Å². The van der Waals surface area contributed by atoms with Gasteiger partial charge in [-0.15, -0.1) is 0 Å². The zero-order valence-electron chi connectivity index (χ0n) is 71.3. The number of esters is 7. The van der Waals surface area contributed by atoms with E-state index >= 15 is 0 Å². The molecule has 4 aliphatic rings. The molecule has 27 nitrogen and oxygen atoms in total. The van der Waals surface area contributed by atoms with Crippen LogP contribution in [0.4, 0.5) is 4.79 Å². The summed E-state index contributed by atoms with van der Waals surface area (Å²) in [5.41, 5.74) is 3.25. The number of aliphatic hydroxyl groups is 1. The summed E-state index contributed by atoms with van der Waals surface area (Å²) in [6.45, 7) is 44.1. The molecule has 2 N–H and O–H groups in total. The average molecular weight is 1700 g/mol. The molecule has 2 saturated heterocycles. The Morgan fingerprint density at radius 1 is 0.504 bits per heavy atom. The number of para-hydroxylation sites is 4. The summed E-state index contributed by atoms with van der Waals surface area (Å²) in [5.74, 6) is 1.33. The van der Waals surface area contributed by atoms with Gasteiger partial charge in [-0.3, -0.25) is 4.79 Å². The van der Waals surface area contributed by atoms with Gasteiger partial charge in [-0.2, -0.15) is 0 Å². The normalized spacial score (nSPS) is 15.6. The van der Waals surface area contributed by atoms with Crippen molar-refractivity contribution in [2.24, 2.45) is 22.2 Å². The smallest absolute Gasteiger partial charge is 0.407 e. The van der Waals surface area contributed by atoms with Crippen molar-refractivity contribution in [3.05, 3.63) is 277 Å². The van der Waals surface area contributed by atoms with E-state index in [-0.39, 0.29) is 75.1 Å². The minimum Gasteiger partial charge on any atom is -0.491 e. The lowest BCUT2D eigenvalue weighted by Gasteiger charge is -2.38. The van der Waals surface area contributed by atoms with Crippen LogP contribution in [0, 0.1) is 22.2 Å². The predicted octanol–water partition coefficient (Wildman–Crippen LogP) is 15.4. The van der Waals surface area contributed by atoms with Crippen LogP contribution in [-0.2, 0) is 97.1 Å². The number of benzene rings is 6.